The van der Waals surface area contributed by atoms with Crippen molar-refractivity contribution in [2.45, 2.75) is 18.9 Å². The van der Waals surface area contributed by atoms with Gasteiger partial charge in [0.25, 0.3) is 0 Å². The minimum Gasteiger partial charge on any atom is -0.494 e. The Morgan fingerprint density at radius 1 is 1.42 bits per heavy atom. The standard InChI is InChI=1S/C13H16N2O2S2/c1-17-11-4-2-3-10-12(11)14-13(18)15(10)9-5-7-19(16)8-6-9/h2-4,9H,5-8H2,1H3,(H,14,18). The third-order valence-corrected chi connectivity index (χ3v) is 5.34. The Morgan fingerprint density at radius 3 is 2.84 bits per heavy atom. The quantitative estimate of drug-likeness (QED) is 0.867. The maximum atomic E-state index is 11.5. The molecule has 1 saturated heterocycles. The molecule has 0 spiro atoms. The molecule has 0 amide bonds. The van der Waals surface area contributed by atoms with Gasteiger partial charge in [-0.15, -0.1) is 0 Å². The van der Waals surface area contributed by atoms with Crippen LogP contribution in [0.4, 0.5) is 0 Å². The van der Waals surface area contributed by atoms with Crippen LogP contribution >= 0.6 is 12.2 Å². The number of nitrogens with zero attached hydrogens (tertiary/aromatic N) is 1. The normalized spacial score (nSPS) is 23.6. The van der Waals surface area contributed by atoms with Crippen LogP contribution in [0.2, 0.25) is 0 Å². The molecule has 6 heteroatoms. The topological polar surface area (TPSA) is 47.0 Å². The number of aromatic nitrogens is 2. The zero-order chi connectivity index (χ0) is 13.4. The van der Waals surface area contributed by atoms with Crippen molar-refractivity contribution in [2.24, 2.45) is 0 Å². The fraction of sp³-hybridized carbons (Fsp3) is 0.462. The van der Waals surface area contributed by atoms with Crippen LogP contribution in [0.3, 0.4) is 0 Å². The molecular weight excluding hydrogens is 280 g/mol. The summed E-state index contributed by atoms with van der Waals surface area (Å²) in [5, 5.41) is 0. The van der Waals surface area contributed by atoms with Crippen molar-refractivity contribution in [3.8, 4) is 5.75 Å². The highest BCUT2D eigenvalue weighted by Crippen LogP contribution is 2.31. The van der Waals surface area contributed by atoms with Gasteiger partial charge >= 0.3 is 0 Å². The smallest absolute Gasteiger partial charge is 0.178 e. The van der Waals surface area contributed by atoms with E-state index in [4.69, 9.17) is 17.0 Å². The average molecular weight is 296 g/mol. The summed E-state index contributed by atoms with van der Waals surface area (Å²) in [5.74, 6) is 2.34. The second-order valence-electron chi connectivity index (χ2n) is 4.73. The van der Waals surface area contributed by atoms with Crippen LogP contribution in [0.25, 0.3) is 11.0 Å². The summed E-state index contributed by atoms with van der Waals surface area (Å²) in [6, 6.07) is 6.29. The molecule has 1 aliphatic rings. The van der Waals surface area contributed by atoms with Gasteiger partial charge in [-0.25, -0.2) is 0 Å². The largest absolute Gasteiger partial charge is 0.494 e. The van der Waals surface area contributed by atoms with Crippen LogP contribution in [0.15, 0.2) is 18.2 Å². The van der Waals surface area contributed by atoms with Gasteiger partial charge in [-0.1, -0.05) is 6.07 Å². The Labute approximate surface area is 119 Å². The van der Waals surface area contributed by atoms with E-state index in [9.17, 15) is 4.21 Å². The summed E-state index contributed by atoms with van der Waals surface area (Å²) in [7, 11) is 1.01. The lowest BCUT2D eigenvalue weighted by molar-refractivity contribution is 0.419. The van der Waals surface area contributed by atoms with Crippen LogP contribution in [-0.4, -0.2) is 32.4 Å². The number of H-pyrrole nitrogens is 1. The third kappa shape index (κ3) is 2.23. The van der Waals surface area contributed by atoms with E-state index < -0.39 is 10.8 Å². The second-order valence-corrected chi connectivity index (χ2v) is 6.82. The number of methoxy groups -OCH3 is 1. The van der Waals surface area contributed by atoms with Crippen LogP contribution in [0.1, 0.15) is 18.9 Å². The molecule has 0 radical (unpaired) electrons. The van der Waals surface area contributed by atoms with E-state index in [1.165, 1.54) is 0 Å². The third-order valence-electron chi connectivity index (χ3n) is 3.66. The maximum absolute atomic E-state index is 11.5. The zero-order valence-corrected chi connectivity index (χ0v) is 12.4. The molecule has 4 nitrogen and oxygen atoms in total. The van der Waals surface area contributed by atoms with Crippen molar-refractivity contribution in [2.75, 3.05) is 18.6 Å². The summed E-state index contributed by atoms with van der Waals surface area (Å²) in [6.45, 7) is 0. The highest BCUT2D eigenvalue weighted by Gasteiger charge is 2.22. The fourth-order valence-electron chi connectivity index (χ4n) is 2.69. The Balaban J connectivity index is 2.11. The molecule has 102 valence electrons. The number of nitrogens with one attached hydrogen (secondary N) is 1. The van der Waals surface area contributed by atoms with Gasteiger partial charge in [0.1, 0.15) is 11.3 Å². The molecule has 0 saturated carbocycles. The van der Waals surface area contributed by atoms with E-state index in [1.54, 1.807) is 7.11 Å². The number of aromatic amines is 1. The number of hydrogen-bond donors (Lipinski definition) is 1. The lowest BCUT2D eigenvalue weighted by Crippen LogP contribution is -2.21. The Kier molecular flexibility index (Phi) is 3.45. The van der Waals surface area contributed by atoms with Gasteiger partial charge in [-0.3, -0.25) is 4.21 Å². The molecular formula is C13H16N2O2S2. The monoisotopic (exact) mass is 296 g/mol. The molecule has 0 aliphatic carbocycles. The first-order chi connectivity index (χ1) is 9.20. The van der Waals surface area contributed by atoms with Gasteiger partial charge in [0, 0.05) is 28.3 Å². The van der Waals surface area contributed by atoms with Crippen LogP contribution in [0.5, 0.6) is 5.75 Å². The average Bonchev–Trinajstić information content (AvgIpc) is 2.76. The number of fused-ring (bicyclic) bond motifs is 1. The molecule has 19 heavy (non-hydrogen) atoms. The van der Waals surface area contributed by atoms with E-state index in [1.807, 2.05) is 12.1 Å². The molecule has 1 fully saturated rings. The summed E-state index contributed by atoms with van der Waals surface area (Å²) < 4.78 is 19.7. The molecule has 0 atom stereocenters. The molecule has 1 aliphatic heterocycles. The number of ether oxygens (including phenoxy) is 1. The molecule has 0 unspecified atom stereocenters. The van der Waals surface area contributed by atoms with Crippen molar-refractivity contribution in [1.29, 1.82) is 0 Å². The predicted molar refractivity (Wildman–Crippen MR) is 79.8 cm³/mol. The molecule has 1 aromatic carbocycles. The minimum atomic E-state index is -0.651. The maximum Gasteiger partial charge on any atom is 0.178 e. The SMILES string of the molecule is COc1cccc2c1[nH]c(=S)n2C1CCS(=O)CC1. The minimum absolute atomic E-state index is 0.339. The Bertz CT molecular complexity index is 679. The number of hydrogen-bond acceptors (Lipinski definition) is 3. The Hall–Kier alpha value is -1.14. The van der Waals surface area contributed by atoms with Crippen LogP contribution in [0, 0.1) is 4.77 Å². The van der Waals surface area contributed by atoms with E-state index in [0.29, 0.717) is 6.04 Å². The van der Waals surface area contributed by atoms with Crippen molar-refractivity contribution in [1.82, 2.24) is 9.55 Å². The number of benzene rings is 1. The molecule has 0 bridgehead atoms. The van der Waals surface area contributed by atoms with E-state index >= 15 is 0 Å². The Morgan fingerprint density at radius 2 is 2.16 bits per heavy atom. The number of rotatable bonds is 2. The van der Waals surface area contributed by atoms with E-state index in [0.717, 1.165) is 45.9 Å². The highest BCUT2D eigenvalue weighted by atomic mass is 32.2. The van der Waals surface area contributed by atoms with Gasteiger partial charge in [0.15, 0.2) is 4.77 Å². The van der Waals surface area contributed by atoms with Crippen molar-refractivity contribution in [3.63, 3.8) is 0 Å². The van der Waals surface area contributed by atoms with Crippen molar-refractivity contribution < 1.29 is 8.95 Å². The summed E-state index contributed by atoms with van der Waals surface area (Å²) >= 11 is 5.45. The number of imidazole rings is 1. The van der Waals surface area contributed by atoms with Crippen LogP contribution in [-0.2, 0) is 10.8 Å². The van der Waals surface area contributed by atoms with Crippen molar-refractivity contribution >= 4 is 34.1 Å². The number of para-hydroxylation sites is 1. The lowest BCUT2D eigenvalue weighted by atomic mass is 10.1. The molecule has 2 aromatic rings. The highest BCUT2D eigenvalue weighted by molar-refractivity contribution is 7.85. The first-order valence-corrected chi connectivity index (χ1v) is 8.22. The van der Waals surface area contributed by atoms with E-state index in [2.05, 4.69) is 15.6 Å². The zero-order valence-electron chi connectivity index (χ0n) is 10.7. The van der Waals surface area contributed by atoms with Gasteiger partial charge in [-0.05, 0) is 37.2 Å². The lowest BCUT2D eigenvalue weighted by Gasteiger charge is -2.23. The van der Waals surface area contributed by atoms with Gasteiger partial charge < -0.3 is 14.3 Å². The molecule has 3 rings (SSSR count). The van der Waals surface area contributed by atoms with Crippen molar-refractivity contribution in [3.05, 3.63) is 23.0 Å². The predicted octanol–water partition coefficient (Wildman–Crippen LogP) is 2.79. The molecule has 2 heterocycles. The van der Waals surface area contributed by atoms with Gasteiger partial charge in [-0.2, -0.15) is 0 Å². The van der Waals surface area contributed by atoms with Gasteiger partial charge in [0.2, 0.25) is 0 Å². The van der Waals surface area contributed by atoms with E-state index in [-0.39, 0.29) is 0 Å². The summed E-state index contributed by atoms with van der Waals surface area (Å²) in [6.07, 6.45) is 1.84. The first kappa shape index (κ1) is 12.9. The first-order valence-electron chi connectivity index (χ1n) is 6.33. The second kappa shape index (κ2) is 5.09. The van der Waals surface area contributed by atoms with Crippen LogP contribution < -0.4 is 4.74 Å². The fourth-order valence-corrected chi connectivity index (χ4v) is 4.32. The summed E-state index contributed by atoms with van der Waals surface area (Å²) in [4.78, 5) is 3.23. The summed E-state index contributed by atoms with van der Waals surface area (Å²) in [5.41, 5.74) is 2.02. The molecule has 1 aromatic heterocycles. The van der Waals surface area contributed by atoms with Gasteiger partial charge in [0.05, 0.1) is 12.6 Å². The molecule has 1 N–H and O–H groups in total.